The fraction of sp³-hybridized carbons (Fsp3) is 0.444. The first-order valence-electron chi connectivity index (χ1n) is 8.65. The Hall–Kier alpha value is -2.41. The molecule has 1 aliphatic rings. The smallest absolute Gasteiger partial charge is 0.303 e. The van der Waals surface area contributed by atoms with E-state index in [1.807, 2.05) is 17.6 Å². The van der Waals surface area contributed by atoms with Gasteiger partial charge >= 0.3 is 5.97 Å². The highest BCUT2D eigenvalue weighted by molar-refractivity contribution is 6.31. The van der Waals surface area contributed by atoms with Crippen molar-refractivity contribution in [2.45, 2.75) is 51.5 Å². The van der Waals surface area contributed by atoms with Gasteiger partial charge in [0.1, 0.15) is 11.6 Å². The van der Waals surface area contributed by atoms with Crippen LogP contribution in [0, 0.1) is 6.92 Å². The van der Waals surface area contributed by atoms with Crippen LogP contribution in [0.4, 0.5) is 5.69 Å². The van der Waals surface area contributed by atoms with Crippen molar-refractivity contribution in [3.63, 3.8) is 0 Å². The molecule has 1 heterocycles. The van der Waals surface area contributed by atoms with E-state index in [-0.39, 0.29) is 18.7 Å². The SMILES string of the molecule is Cc1c(Cl)cccc1NC(=O)CCc1nnc(CCC(=O)O)n1C1CC1. The quantitative estimate of drug-likeness (QED) is 0.737. The third kappa shape index (κ3) is 4.40. The number of carbonyl (C=O) groups is 2. The third-order valence-electron chi connectivity index (χ3n) is 4.43. The second-order valence-electron chi connectivity index (χ2n) is 6.49. The summed E-state index contributed by atoms with van der Waals surface area (Å²) in [7, 11) is 0. The van der Waals surface area contributed by atoms with Gasteiger partial charge in [-0.1, -0.05) is 17.7 Å². The number of carbonyl (C=O) groups excluding carboxylic acids is 1. The molecule has 1 aliphatic carbocycles. The van der Waals surface area contributed by atoms with Gasteiger partial charge in [0.05, 0.1) is 6.42 Å². The Labute approximate surface area is 156 Å². The van der Waals surface area contributed by atoms with Gasteiger partial charge in [0, 0.05) is 36.0 Å². The average Bonchev–Trinajstić information content (AvgIpc) is 3.35. The molecule has 1 aromatic heterocycles. The molecule has 2 N–H and O–H groups in total. The molecule has 0 aliphatic heterocycles. The van der Waals surface area contributed by atoms with E-state index in [1.165, 1.54) is 0 Å². The minimum atomic E-state index is -0.854. The Morgan fingerprint density at radius 3 is 2.50 bits per heavy atom. The molecule has 1 saturated carbocycles. The molecule has 0 saturated heterocycles. The molecule has 7 nitrogen and oxygen atoms in total. The van der Waals surface area contributed by atoms with Crippen LogP contribution in [0.5, 0.6) is 0 Å². The molecule has 0 spiro atoms. The van der Waals surface area contributed by atoms with Gasteiger partial charge in [0.25, 0.3) is 0 Å². The lowest BCUT2D eigenvalue weighted by atomic mass is 10.2. The molecule has 1 amide bonds. The number of benzene rings is 1. The first-order valence-corrected chi connectivity index (χ1v) is 9.03. The maximum atomic E-state index is 12.3. The number of amides is 1. The van der Waals surface area contributed by atoms with E-state index in [9.17, 15) is 9.59 Å². The lowest BCUT2D eigenvalue weighted by Crippen LogP contribution is -2.15. The molecule has 8 heteroatoms. The van der Waals surface area contributed by atoms with Crippen LogP contribution in [0.15, 0.2) is 18.2 Å². The molecule has 0 radical (unpaired) electrons. The van der Waals surface area contributed by atoms with E-state index in [2.05, 4.69) is 15.5 Å². The fourth-order valence-corrected chi connectivity index (χ4v) is 3.03. The number of hydrogen-bond donors (Lipinski definition) is 2. The largest absolute Gasteiger partial charge is 0.481 e. The summed E-state index contributed by atoms with van der Waals surface area (Å²) in [6, 6.07) is 5.73. The number of aryl methyl sites for hydroxylation is 2. The van der Waals surface area contributed by atoms with Gasteiger partial charge in [0.2, 0.25) is 5.91 Å². The summed E-state index contributed by atoms with van der Waals surface area (Å²) >= 11 is 6.07. The molecule has 0 bridgehead atoms. The highest BCUT2D eigenvalue weighted by Gasteiger charge is 2.29. The molecule has 2 aromatic rings. The number of nitrogens with zero attached hydrogens (tertiary/aromatic N) is 3. The van der Waals surface area contributed by atoms with Crippen molar-refractivity contribution in [2.24, 2.45) is 0 Å². The Kier molecular flexibility index (Phi) is 5.56. The number of halogens is 1. The molecule has 0 atom stereocenters. The molecular weight excluding hydrogens is 356 g/mol. The van der Waals surface area contributed by atoms with E-state index in [1.54, 1.807) is 12.1 Å². The van der Waals surface area contributed by atoms with E-state index in [4.69, 9.17) is 16.7 Å². The maximum Gasteiger partial charge on any atom is 0.303 e. The highest BCUT2D eigenvalue weighted by Crippen LogP contribution is 2.37. The molecular formula is C18H21ClN4O3. The van der Waals surface area contributed by atoms with Crippen LogP contribution in [0.3, 0.4) is 0 Å². The Balaban J connectivity index is 1.63. The van der Waals surface area contributed by atoms with Gasteiger partial charge in [-0.3, -0.25) is 9.59 Å². The first kappa shape index (κ1) is 18.4. The van der Waals surface area contributed by atoms with Crippen LogP contribution < -0.4 is 5.32 Å². The van der Waals surface area contributed by atoms with E-state index in [0.29, 0.717) is 35.4 Å². The predicted octanol–water partition coefficient (Wildman–Crippen LogP) is 3.16. The average molecular weight is 377 g/mol. The van der Waals surface area contributed by atoms with Crippen molar-refractivity contribution >= 4 is 29.2 Å². The van der Waals surface area contributed by atoms with Crippen LogP contribution in [-0.2, 0) is 22.4 Å². The van der Waals surface area contributed by atoms with Gasteiger partial charge < -0.3 is 15.0 Å². The summed E-state index contributed by atoms with van der Waals surface area (Å²) in [4.78, 5) is 23.1. The minimum absolute atomic E-state index is 0.0272. The zero-order valence-electron chi connectivity index (χ0n) is 14.5. The van der Waals surface area contributed by atoms with Gasteiger partial charge in [-0.2, -0.15) is 0 Å². The Bertz CT molecular complexity index is 830. The molecule has 138 valence electrons. The normalized spacial score (nSPS) is 13.6. The molecule has 0 unspecified atom stereocenters. The van der Waals surface area contributed by atoms with E-state index in [0.717, 1.165) is 24.2 Å². The van der Waals surface area contributed by atoms with Gasteiger partial charge in [-0.05, 0) is 37.5 Å². The Morgan fingerprint density at radius 1 is 1.23 bits per heavy atom. The molecule has 3 rings (SSSR count). The Morgan fingerprint density at radius 2 is 1.88 bits per heavy atom. The van der Waals surface area contributed by atoms with Crippen molar-refractivity contribution in [3.05, 3.63) is 40.4 Å². The van der Waals surface area contributed by atoms with Crippen LogP contribution in [0.1, 0.15) is 48.9 Å². The number of rotatable bonds is 8. The number of aliphatic carboxylic acids is 1. The van der Waals surface area contributed by atoms with Crippen molar-refractivity contribution in [1.82, 2.24) is 14.8 Å². The van der Waals surface area contributed by atoms with Crippen molar-refractivity contribution in [1.29, 1.82) is 0 Å². The van der Waals surface area contributed by atoms with Gasteiger partial charge in [0.15, 0.2) is 0 Å². The standard InChI is InChI=1S/C18H21ClN4O3/c1-11-13(19)3-2-4-14(11)20-17(24)9-7-15-21-22-16(8-10-18(25)26)23(15)12-5-6-12/h2-4,12H,5-10H2,1H3,(H,20,24)(H,25,26). The van der Waals surface area contributed by atoms with Crippen LogP contribution in [-0.4, -0.2) is 31.7 Å². The second-order valence-corrected chi connectivity index (χ2v) is 6.90. The molecule has 26 heavy (non-hydrogen) atoms. The predicted molar refractivity (Wildman–Crippen MR) is 97.4 cm³/mol. The number of aromatic nitrogens is 3. The summed E-state index contributed by atoms with van der Waals surface area (Å²) in [6.45, 7) is 1.86. The lowest BCUT2D eigenvalue weighted by Gasteiger charge is -2.10. The maximum absolute atomic E-state index is 12.3. The van der Waals surface area contributed by atoms with Crippen LogP contribution in [0.25, 0.3) is 0 Å². The highest BCUT2D eigenvalue weighted by atomic mass is 35.5. The van der Waals surface area contributed by atoms with Crippen molar-refractivity contribution in [2.75, 3.05) is 5.32 Å². The van der Waals surface area contributed by atoms with Gasteiger partial charge in [-0.25, -0.2) is 0 Å². The first-order chi connectivity index (χ1) is 12.5. The van der Waals surface area contributed by atoms with Gasteiger partial charge in [-0.15, -0.1) is 10.2 Å². The number of carboxylic acids is 1. The van der Waals surface area contributed by atoms with Crippen molar-refractivity contribution < 1.29 is 14.7 Å². The number of carboxylic acid groups (broad SMARTS) is 1. The molecule has 1 fully saturated rings. The summed E-state index contributed by atoms with van der Waals surface area (Å²) < 4.78 is 2.01. The zero-order valence-corrected chi connectivity index (χ0v) is 15.3. The summed E-state index contributed by atoms with van der Waals surface area (Å²) in [6.07, 6.45) is 3.20. The van der Waals surface area contributed by atoms with E-state index < -0.39 is 5.97 Å². The summed E-state index contributed by atoms with van der Waals surface area (Å²) in [5.74, 6) is 0.461. The lowest BCUT2D eigenvalue weighted by molar-refractivity contribution is -0.137. The second kappa shape index (κ2) is 7.86. The topological polar surface area (TPSA) is 97.1 Å². The zero-order chi connectivity index (χ0) is 18.7. The molecule has 1 aromatic carbocycles. The monoisotopic (exact) mass is 376 g/mol. The van der Waals surface area contributed by atoms with Crippen LogP contribution in [0.2, 0.25) is 5.02 Å². The summed E-state index contributed by atoms with van der Waals surface area (Å²) in [5.41, 5.74) is 1.54. The van der Waals surface area contributed by atoms with Crippen molar-refractivity contribution in [3.8, 4) is 0 Å². The number of anilines is 1. The minimum Gasteiger partial charge on any atom is -0.481 e. The third-order valence-corrected chi connectivity index (χ3v) is 4.84. The summed E-state index contributed by atoms with van der Waals surface area (Å²) in [5, 5.41) is 20.7. The number of nitrogens with one attached hydrogen (secondary N) is 1. The number of hydrogen-bond acceptors (Lipinski definition) is 4. The van der Waals surface area contributed by atoms with E-state index >= 15 is 0 Å². The fourth-order valence-electron chi connectivity index (χ4n) is 2.86. The van der Waals surface area contributed by atoms with Crippen LogP contribution >= 0.6 is 11.6 Å².